The molecule has 0 aliphatic carbocycles. The Morgan fingerprint density at radius 1 is 0.897 bits per heavy atom. The first kappa shape index (κ1) is 25.7. The van der Waals surface area contributed by atoms with E-state index in [1.54, 1.807) is 42.5 Å². The van der Waals surface area contributed by atoms with Crippen LogP contribution in [0.1, 0.15) is 22.6 Å². The van der Waals surface area contributed by atoms with Gasteiger partial charge in [0.15, 0.2) is 6.61 Å². The number of allylic oxidation sites excluding steroid dienone is 1. The van der Waals surface area contributed by atoms with Crippen molar-refractivity contribution in [3.63, 3.8) is 0 Å². The number of esters is 1. The van der Waals surface area contributed by atoms with Crippen molar-refractivity contribution < 1.29 is 23.7 Å². The maximum atomic E-state index is 12.3. The first-order chi connectivity index (χ1) is 19.0. The van der Waals surface area contributed by atoms with E-state index < -0.39 is 11.9 Å². The van der Waals surface area contributed by atoms with Crippen LogP contribution in [0.15, 0.2) is 109 Å². The summed E-state index contributed by atoms with van der Waals surface area (Å²) in [6.45, 7) is 0.157. The van der Waals surface area contributed by atoms with Crippen LogP contribution in [-0.4, -0.2) is 12.6 Å². The number of halogens is 1. The van der Waals surface area contributed by atoms with Crippen molar-refractivity contribution in [2.45, 2.75) is 12.5 Å². The highest BCUT2D eigenvalue weighted by molar-refractivity contribution is 6.30. The van der Waals surface area contributed by atoms with Gasteiger partial charge in [0.05, 0.1) is 5.92 Å². The fourth-order valence-corrected chi connectivity index (χ4v) is 4.30. The predicted molar refractivity (Wildman–Crippen MR) is 146 cm³/mol. The minimum Gasteiger partial charge on any atom is -0.489 e. The Hall–Kier alpha value is -4.93. The highest BCUT2D eigenvalue weighted by atomic mass is 35.5. The monoisotopic (exact) mass is 538 g/mol. The predicted octanol–water partition coefficient (Wildman–Crippen LogP) is 6.12. The molecule has 2 N–H and O–H groups in total. The molecule has 4 aromatic rings. The van der Waals surface area contributed by atoms with Crippen LogP contribution in [0.2, 0.25) is 5.02 Å². The molecule has 1 heterocycles. The molecule has 4 aromatic carbocycles. The van der Waals surface area contributed by atoms with E-state index in [9.17, 15) is 10.1 Å². The Morgan fingerprint density at radius 2 is 1.56 bits per heavy atom. The van der Waals surface area contributed by atoms with Gasteiger partial charge in [-0.2, -0.15) is 5.26 Å². The highest BCUT2D eigenvalue weighted by Crippen LogP contribution is 2.43. The van der Waals surface area contributed by atoms with Crippen LogP contribution in [0.4, 0.5) is 0 Å². The lowest BCUT2D eigenvalue weighted by Crippen LogP contribution is -2.21. The number of fused-ring (bicyclic) bond motifs is 1. The van der Waals surface area contributed by atoms with Gasteiger partial charge in [-0.25, -0.2) is 4.79 Å². The van der Waals surface area contributed by atoms with Gasteiger partial charge in [0.1, 0.15) is 41.2 Å². The molecular formula is C31H23ClN2O5. The number of hydrogen-bond acceptors (Lipinski definition) is 7. The van der Waals surface area contributed by atoms with Crippen LogP contribution < -0.4 is 24.7 Å². The highest BCUT2D eigenvalue weighted by Gasteiger charge is 2.31. The number of nitrogens with zero attached hydrogens (tertiary/aromatic N) is 1. The number of hydrogen-bond donors (Lipinski definition) is 1. The third kappa shape index (κ3) is 6.15. The van der Waals surface area contributed by atoms with Crippen LogP contribution in [0.5, 0.6) is 23.0 Å². The number of rotatable bonds is 8. The lowest BCUT2D eigenvalue weighted by atomic mass is 9.83. The van der Waals surface area contributed by atoms with E-state index >= 15 is 0 Å². The summed E-state index contributed by atoms with van der Waals surface area (Å²) in [5, 5.41) is 10.4. The zero-order chi connectivity index (χ0) is 27.2. The van der Waals surface area contributed by atoms with E-state index in [-0.39, 0.29) is 18.2 Å². The molecule has 39 heavy (non-hydrogen) atoms. The molecular weight excluding hydrogens is 516 g/mol. The third-order valence-electron chi connectivity index (χ3n) is 6.05. The van der Waals surface area contributed by atoms with Gasteiger partial charge in [-0.15, -0.1) is 0 Å². The largest absolute Gasteiger partial charge is 0.489 e. The fraction of sp³-hybridized carbons (Fsp3) is 0.0968. The minimum atomic E-state index is -0.593. The number of benzene rings is 4. The molecule has 1 unspecified atom stereocenters. The van der Waals surface area contributed by atoms with Crippen molar-refractivity contribution >= 4 is 17.6 Å². The number of ether oxygens (including phenoxy) is 4. The molecule has 0 fully saturated rings. The van der Waals surface area contributed by atoms with Crippen molar-refractivity contribution in [2.24, 2.45) is 5.73 Å². The van der Waals surface area contributed by atoms with Gasteiger partial charge in [-0.05, 0) is 53.6 Å². The van der Waals surface area contributed by atoms with E-state index in [1.165, 1.54) is 0 Å². The molecule has 1 aliphatic heterocycles. The van der Waals surface area contributed by atoms with E-state index in [0.29, 0.717) is 34.5 Å². The van der Waals surface area contributed by atoms with E-state index in [0.717, 1.165) is 16.7 Å². The van der Waals surface area contributed by atoms with Gasteiger partial charge in [-0.3, -0.25) is 0 Å². The fourth-order valence-electron chi connectivity index (χ4n) is 4.17. The molecule has 0 saturated heterocycles. The first-order valence-corrected chi connectivity index (χ1v) is 12.5. The Balaban J connectivity index is 1.30. The third-order valence-corrected chi connectivity index (χ3v) is 6.31. The van der Waals surface area contributed by atoms with Crippen molar-refractivity contribution in [1.29, 1.82) is 5.26 Å². The normalized spacial score (nSPS) is 14.0. The lowest BCUT2D eigenvalue weighted by molar-refractivity contribution is -0.136. The molecule has 1 atom stereocenters. The summed E-state index contributed by atoms with van der Waals surface area (Å²) in [5.41, 5.74) is 9.04. The van der Waals surface area contributed by atoms with Crippen LogP contribution in [0.3, 0.4) is 0 Å². The second-order valence-electron chi connectivity index (χ2n) is 8.68. The number of carbonyl (C=O) groups excluding carboxylic acids is 1. The Bertz CT molecular complexity index is 1550. The Kier molecular flexibility index (Phi) is 7.67. The van der Waals surface area contributed by atoms with E-state index in [2.05, 4.69) is 6.07 Å². The average molecular weight is 539 g/mol. The molecule has 0 radical (unpaired) electrons. The minimum absolute atomic E-state index is 0.00560. The molecule has 0 aromatic heterocycles. The molecule has 0 amide bonds. The zero-order valence-corrected chi connectivity index (χ0v) is 21.4. The smallest absolute Gasteiger partial charge is 0.349 e. The van der Waals surface area contributed by atoms with Crippen molar-refractivity contribution in [3.8, 4) is 29.1 Å². The van der Waals surface area contributed by atoms with E-state index in [4.69, 9.17) is 36.3 Å². The Labute approximate surface area is 230 Å². The van der Waals surface area contributed by atoms with Crippen molar-refractivity contribution in [2.75, 3.05) is 6.61 Å². The molecule has 0 bridgehead atoms. The van der Waals surface area contributed by atoms with Crippen molar-refractivity contribution in [1.82, 2.24) is 0 Å². The number of nitrogens with two attached hydrogens (primary N) is 1. The molecule has 194 valence electrons. The van der Waals surface area contributed by atoms with Gasteiger partial charge in [-0.1, -0.05) is 60.1 Å². The van der Waals surface area contributed by atoms with Crippen LogP contribution in [0.25, 0.3) is 0 Å². The van der Waals surface area contributed by atoms with Gasteiger partial charge >= 0.3 is 5.97 Å². The maximum absolute atomic E-state index is 12.3. The van der Waals surface area contributed by atoms with Gasteiger partial charge in [0.2, 0.25) is 5.88 Å². The number of nitriles is 1. The van der Waals surface area contributed by atoms with Gasteiger partial charge in [0.25, 0.3) is 0 Å². The summed E-state index contributed by atoms with van der Waals surface area (Å²) in [5.74, 6) is 0.790. The van der Waals surface area contributed by atoms with Gasteiger partial charge in [0, 0.05) is 16.7 Å². The number of carbonyl (C=O) groups is 1. The SMILES string of the molecule is N#CC1=C(N)Oc2cc(OC(=O)COc3ccc(Cl)cc3)ccc2C1c1ccc(OCc2ccccc2)cc1. The molecule has 0 spiro atoms. The summed E-state index contributed by atoms with van der Waals surface area (Å²) in [6.07, 6.45) is 0. The summed E-state index contributed by atoms with van der Waals surface area (Å²) in [7, 11) is 0. The Morgan fingerprint density at radius 3 is 2.28 bits per heavy atom. The summed E-state index contributed by atoms with van der Waals surface area (Å²) >= 11 is 5.86. The second-order valence-corrected chi connectivity index (χ2v) is 9.12. The summed E-state index contributed by atoms with van der Waals surface area (Å²) in [4.78, 5) is 12.3. The van der Waals surface area contributed by atoms with Crippen LogP contribution >= 0.6 is 11.6 Å². The van der Waals surface area contributed by atoms with Crippen LogP contribution in [-0.2, 0) is 11.4 Å². The molecule has 1 aliphatic rings. The van der Waals surface area contributed by atoms with Crippen molar-refractivity contribution in [3.05, 3.63) is 130 Å². The van der Waals surface area contributed by atoms with Crippen LogP contribution in [0, 0.1) is 11.3 Å². The average Bonchev–Trinajstić information content (AvgIpc) is 2.96. The molecule has 8 heteroatoms. The second kappa shape index (κ2) is 11.6. The quantitative estimate of drug-likeness (QED) is 0.213. The molecule has 5 rings (SSSR count). The lowest BCUT2D eigenvalue weighted by Gasteiger charge is -2.26. The molecule has 7 nitrogen and oxygen atoms in total. The maximum Gasteiger partial charge on any atom is 0.349 e. The summed E-state index contributed by atoms with van der Waals surface area (Å²) < 4.78 is 22.5. The standard InChI is InChI=1S/C31H23ClN2O5/c32-22-8-12-24(13-9-22)37-19-29(35)38-25-14-15-26-28(16-25)39-31(34)27(17-33)30(26)21-6-10-23(11-7-21)36-18-20-4-2-1-3-5-20/h1-16,30H,18-19,34H2. The molecule has 0 saturated carbocycles. The van der Waals surface area contributed by atoms with Gasteiger partial charge < -0.3 is 24.7 Å². The topological polar surface area (TPSA) is 104 Å². The zero-order valence-electron chi connectivity index (χ0n) is 20.7. The van der Waals surface area contributed by atoms with E-state index in [1.807, 2.05) is 54.6 Å². The first-order valence-electron chi connectivity index (χ1n) is 12.1. The summed E-state index contributed by atoms with van der Waals surface area (Å²) in [6, 6.07) is 31.2.